The Morgan fingerprint density at radius 1 is 1.24 bits per heavy atom. The Morgan fingerprint density at radius 2 is 1.88 bits per heavy atom. The monoisotopic (exact) mass is 368 g/mol. The second kappa shape index (κ2) is 7.97. The van der Waals surface area contributed by atoms with E-state index in [9.17, 15) is 18.0 Å². The lowest BCUT2D eigenvalue weighted by Gasteiger charge is -2.36. The second-order valence-electron chi connectivity index (χ2n) is 6.36. The molecule has 1 amide bonds. The van der Waals surface area contributed by atoms with Crippen LogP contribution in [-0.4, -0.2) is 49.9 Å². The van der Waals surface area contributed by atoms with Gasteiger partial charge in [-0.25, -0.2) is 13.1 Å². The van der Waals surface area contributed by atoms with Crippen molar-refractivity contribution in [2.75, 3.05) is 13.6 Å². The number of carboxylic acids is 1. The van der Waals surface area contributed by atoms with E-state index in [1.165, 1.54) is 19.2 Å². The van der Waals surface area contributed by atoms with Gasteiger partial charge in [-0.2, -0.15) is 0 Å². The molecule has 2 atom stereocenters. The first-order chi connectivity index (χ1) is 11.7. The van der Waals surface area contributed by atoms with Crippen LogP contribution in [0.1, 0.15) is 31.7 Å². The highest BCUT2D eigenvalue weighted by Gasteiger charge is 2.32. The topological polar surface area (TPSA) is 104 Å². The van der Waals surface area contributed by atoms with Gasteiger partial charge in [0.15, 0.2) is 0 Å². The van der Waals surface area contributed by atoms with Gasteiger partial charge in [-0.3, -0.25) is 9.59 Å². The maximum absolute atomic E-state index is 12.4. The number of hydrogen-bond donors (Lipinski definition) is 2. The molecular weight excluding hydrogens is 344 g/mol. The average Bonchev–Trinajstić information content (AvgIpc) is 2.60. The molecule has 2 unspecified atom stereocenters. The summed E-state index contributed by atoms with van der Waals surface area (Å²) >= 11 is 0. The number of likely N-dealkylation sites (tertiary alicyclic amines) is 1. The molecule has 25 heavy (non-hydrogen) atoms. The summed E-state index contributed by atoms with van der Waals surface area (Å²) in [6.07, 6.45) is 2.05. The zero-order chi connectivity index (χ0) is 18.6. The van der Waals surface area contributed by atoms with Gasteiger partial charge >= 0.3 is 5.97 Å². The first-order valence-corrected chi connectivity index (χ1v) is 9.77. The van der Waals surface area contributed by atoms with Crippen molar-refractivity contribution in [1.82, 2.24) is 9.62 Å². The van der Waals surface area contributed by atoms with Crippen LogP contribution >= 0.6 is 0 Å². The van der Waals surface area contributed by atoms with Crippen LogP contribution in [0.2, 0.25) is 0 Å². The quantitative estimate of drug-likeness (QED) is 0.786. The van der Waals surface area contributed by atoms with Gasteiger partial charge in [0.25, 0.3) is 0 Å². The molecule has 1 heterocycles. The summed E-state index contributed by atoms with van der Waals surface area (Å²) in [5.41, 5.74) is 0.864. The van der Waals surface area contributed by atoms with Crippen LogP contribution in [0.25, 0.3) is 0 Å². The van der Waals surface area contributed by atoms with Crippen LogP contribution in [0.15, 0.2) is 29.2 Å². The molecule has 8 heteroatoms. The van der Waals surface area contributed by atoms with Crippen molar-refractivity contribution in [3.63, 3.8) is 0 Å². The Labute approximate surface area is 148 Å². The number of piperidine rings is 1. The molecular formula is C17H24N2O5S. The van der Waals surface area contributed by atoms with E-state index < -0.39 is 21.9 Å². The Balaban J connectivity index is 1.96. The third-order valence-corrected chi connectivity index (χ3v) is 6.11. The van der Waals surface area contributed by atoms with Crippen molar-refractivity contribution in [3.8, 4) is 0 Å². The van der Waals surface area contributed by atoms with Crippen molar-refractivity contribution in [2.24, 2.45) is 5.92 Å². The molecule has 0 aliphatic carbocycles. The van der Waals surface area contributed by atoms with Crippen LogP contribution in [0.3, 0.4) is 0 Å². The average molecular weight is 368 g/mol. The number of aliphatic carboxylic acids is 1. The zero-order valence-corrected chi connectivity index (χ0v) is 15.3. The minimum Gasteiger partial charge on any atom is -0.481 e. The van der Waals surface area contributed by atoms with E-state index in [4.69, 9.17) is 5.11 Å². The first-order valence-electron chi connectivity index (χ1n) is 8.29. The number of nitrogens with one attached hydrogen (secondary N) is 1. The van der Waals surface area contributed by atoms with E-state index in [1.807, 2.05) is 6.92 Å². The second-order valence-corrected chi connectivity index (χ2v) is 8.25. The maximum Gasteiger partial charge on any atom is 0.308 e. The molecule has 7 nitrogen and oxygen atoms in total. The molecule has 2 rings (SSSR count). The molecule has 0 saturated carbocycles. The Morgan fingerprint density at radius 3 is 2.44 bits per heavy atom. The van der Waals surface area contributed by atoms with Gasteiger partial charge in [-0.05, 0) is 50.9 Å². The van der Waals surface area contributed by atoms with E-state index in [0.717, 1.165) is 5.56 Å². The smallest absolute Gasteiger partial charge is 0.308 e. The summed E-state index contributed by atoms with van der Waals surface area (Å²) in [7, 11) is -2.11. The lowest BCUT2D eigenvalue weighted by molar-refractivity contribution is -0.147. The van der Waals surface area contributed by atoms with Gasteiger partial charge in [0.1, 0.15) is 0 Å². The molecule has 0 radical (unpaired) electrons. The fourth-order valence-corrected chi connectivity index (χ4v) is 3.73. The molecule has 0 aromatic heterocycles. The predicted molar refractivity (Wildman–Crippen MR) is 92.5 cm³/mol. The summed E-state index contributed by atoms with van der Waals surface area (Å²) in [5, 5.41) is 9.15. The van der Waals surface area contributed by atoms with E-state index in [2.05, 4.69) is 4.72 Å². The fraction of sp³-hybridized carbons (Fsp3) is 0.529. The number of carbonyl (C=O) groups is 2. The summed E-state index contributed by atoms with van der Waals surface area (Å²) in [6, 6.07) is 6.45. The molecule has 2 N–H and O–H groups in total. The Bertz CT molecular complexity index is 730. The van der Waals surface area contributed by atoms with Crippen LogP contribution < -0.4 is 4.72 Å². The number of benzene rings is 1. The van der Waals surface area contributed by atoms with Crippen molar-refractivity contribution >= 4 is 21.9 Å². The summed E-state index contributed by atoms with van der Waals surface area (Å²) in [6.45, 7) is 2.20. The van der Waals surface area contributed by atoms with E-state index in [-0.39, 0.29) is 29.8 Å². The lowest BCUT2D eigenvalue weighted by Crippen LogP contribution is -2.47. The molecule has 1 aliphatic rings. The van der Waals surface area contributed by atoms with Gasteiger partial charge < -0.3 is 10.0 Å². The van der Waals surface area contributed by atoms with E-state index in [0.29, 0.717) is 19.3 Å². The van der Waals surface area contributed by atoms with Crippen LogP contribution in [0, 0.1) is 5.92 Å². The largest absolute Gasteiger partial charge is 0.481 e. The van der Waals surface area contributed by atoms with E-state index >= 15 is 0 Å². The fourth-order valence-electron chi connectivity index (χ4n) is 3.00. The highest BCUT2D eigenvalue weighted by molar-refractivity contribution is 7.89. The van der Waals surface area contributed by atoms with Crippen LogP contribution in [-0.2, 0) is 26.0 Å². The maximum atomic E-state index is 12.4. The van der Waals surface area contributed by atoms with Gasteiger partial charge in [0.05, 0.1) is 10.8 Å². The molecule has 0 bridgehead atoms. The SMILES string of the molecule is CNS(=O)(=O)c1ccc(CCC(=O)N2CC(C(=O)O)CCC2C)cc1. The zero-order valence-electron chi connectivity index (χ0n) is 14.4. The lowest BCUT2D eigenvalue weighted by atomic mass is 9.93. The number of rotatable bonds is 6. The van der Waals surface area contributed by atoms with Crippen molar-refractivity contribution in [3.05, 3.63) is 29.8 Å². The first kappa shape index (κ1) is 19.4. The molecule has 1 aromatic rings. The number of carbonyl (C=O) groups excluding carboxylic acids is 1. The van der Waals surface area contributed by atoms with Gasteiger partial charge in [0, 0.05) is 19.0 Å². The molecule has 1 saturated heterocycles. The van der Waals surface area contributed by atoms with Crippen LogP contribution in [0.5, 0.6) is 0 Å². The predicted octanol–water partition coefficient (Wildman–Crippen LogP) is 1.24. The number of carboxylic acid groups (broad SMARTS) is 1. The van der Waals surface area contributed by atoms with Gasteiger partial charge in [-0.15, -0.1) is 0 Å². The van der Waals surface area contributed by atoms with Crippen molar-refractivity contribution in [2.45, 2.75) is 43.5 Å². The number of sulfonamides is 1. The van der Waals surface area contributed by atoms with Crippen LogP contribution in [0.4, 0.5) is 0 Å². The molecule has 1 aliphatic heterocycles. The number of aryl methyl sites for hydroxylation is 1. The summed E-state index contributed by atoms with van der Waals surface area (Å²) in [4.78, 5) is 25.4. The number of nitrogens with zero attached hydrogens (tertiary/aromatic N) is 1. The molecule has 0 spiro atoms. The summed E-state index contributed by atoms with van der Waals surface area (Å²) < 4.78 is 25.6. The van der Waals surface area contributed by atoms with Crippen molar-refractivity contribution in [1.29, 1.82) is 0 Å². The third kappa shape index (κ3) is 4.79. The highest BCUT2D eigenvalue weighted by atomic mass is 32.2. The summed E-state index contributed by atoms with van der Waals surface area (Å²) in [5.74, 6) is -1.41. The highest BCUT2D eigenvalue weighted by Crippen LogP contribution is 2.23. The molecule has 1 aromatic carbocycles. The minimum absolute atomic E-state index is 0.0475. The molecule has 138 valence electrons. The minimum atomic E-state index is -3.47. The third-order valence-electron chi connectivity index (χ3n) is 4.68. The van der Waals surface area contributed by atoms with Crippen molar-refractivity contribution < 1.29 is 23.1 Å². The van der Waals surface area contributed by atoms with Gasteiger partial charge in [0.2, 0.25) is 15.9 Å². The Hall–Kier alpha value is -1.93. The normalized spacial score (nSPS) is 21.1. The number of amides is 1. The Kier molecular flexibility index (Phi) is 6.18. The van der Waals surface area contributed by atoms with E-state index in [1.54, 1.807) is 17.0 Å². The van der Waals surface area contributed by atoms with Gasteiger partial charge in [-0.1, -0.05) is 12.1 Å². The standard InChI is InChI=1S/C17H24N2O5S/c1-12-3-7-14(17(21)22)11-19(12)16(20)10-6-13-4-8-15(9-5-13)25(23,24)18-2/h4-5,8-9,12,14,18H,3,6-7,10-11H2,1-2H3,(H,21,22). The molecule has 1 fully saturated rings. The number of hydrogen-bond acceptors (Lipinski definition) is 4.